The van der Waals surface area contributed by atoms with Gasteiger partial charge in [0.1, 0.15) is 0 Å². The predicted molar refractivity (Wildman–Crippen MR) is 36.7 cm³/mol. The summed E-state index contributed by atoms with van der Waals surface area (Å²) in [6.45, 7) is 4.37. The van der Waals surface area contributed by atoms with Crippen molar-refractivity contribution < 1.29 is 4.74 Å². The van der Waals surface area contributed by atoms with E-state index in [1.807, 2.05) is 0 Å². The summed E-state index contributed by atoms with van der Waals surface area (Å²) >= 11 is 0. The standard InChI is InChI=1S/C8H11O/c1-2-3-4-5-8-6-7-9-8/h8H,1,4-7H2. The molecule has 0 aliphatic carbocycles. The first-order valence-electron chi connectivity index (χ1n) is 3.30. The Morgan fingerprint density at radius 3 is 2.89 bits per heavy atom. The number of ether oxygens (including phenoxy) is 1. The van der Waals surface area contributed by atoms with Gasteiger partial charge < -0.3 is 4.74 Å². The molecule has 0 bridgehead atoms. The fourth-order valence-corrected chi connectivity index (χ4v) is 0.834. The molecule has 1 atom stereocenters. The molecule has 1 nitrogen and oxygen atoms in total. The summed E-state index contributed by atoms with van der Waals surface area (Å²) in [5, 5.41) is 0. The molecule has 0 N–H and O–H groups in total. The van der Waals surface area contributed by atoms with Gasteiger partial charge in [-0.2, -0.15) is 0 Å². The third-order valence-electron chi connectivity index (χ3n) is 1.51. The molecule has 1 rings (SSSR count). The molecular weight excluding hydrogens is 112 g/mol. The fourth-order valence-electron chi connectivity index (χ4n) is 0.834. The lowest BCUT2D eigenvalue weighted by Gasteiger charge is -2.25. The van der Waals surface area contributed by atoms with Gasteiger partial charge in [0.15, 0.2) is 0 Å². The molecule has 1 radical (unpaired) electrons. The van der Waals surface area contributed by atoms with E-state index in [9.17, 15) is 0 Å². The van der Waals surface area contributed by atoms with Crippen LogP contribution in [0.15, 0.2) is 0 Å². The van der Waals surface area contributed by atoms with Gasteiger partial charge in [-0.15, -0.1) is 11.8 Å². The Balaban J connectivity index is 1.95. The highest BCUT2D eigenvalue weighted by molar-refractivity contribution is 5.01. The van der Waals surface area contributed by atoms with Crippen LogP contribution in [-0.4, -0.2) is 12.7 Å². The molecule has 0 spiro atoms. The first-order chi connectivity index (χ1) is 4.43. The van der Waals surface area contributed by atoms with Crippen LogP contribution in [-0.2, 0) is 4.74 Å². The molecule has 49 valence electrons. The van der Waals surface area contributed by atoms with Gasteiger partial charge in [0.05, 0.1) is 6.10 Å². The summed E-state index contributed by atoms with van der Waals surface area (Å²) in [7, 11) is 0. The molecule has 0 aromatic carbocycles. The number of hydrogen-bond acceptors (Lipinski definition) is 1. The quantitative estimate of drug-likeness (QED) is 0.504. The molecule has 1 heterocycles. The molecule has 1 saturated heterocycles. The zero-order valence-corrected chi connectivity index (χ0v) is 5.52. The third kappa shape index (κ3) is 2.07. The van der Waals surface area contributed by atoms with Crippen molar-refractivity contribution in [2.75, 3.05) is 6.61 Å². The van der Waals surface area contributed by atoms with E-state index in [0.717, 1.165) is 19.4 Å². The van der Waals surface area contributed by atoms with Crippen LogP contribution in [0.2, 0.25) is 0 Å². The molecule has 1 heteroatoms. The van der Waals surface area contributed by atoms with Crippen molar-refractivity contribution in [3.8, 4) is 11.8 Å². The van der Waals surface area contributed by atoms with Gasteiger partial charge in [0, 0.05) is 20.0 Å². The highest BCUT2D eigenvalue weighted by atomic mass is 16.5. The SMILES string of the molecule is [CH2]C#CCCC1CCO1. The largest absolute Gasteiger partial charge is 0.378 e. The van der Waals surface area contributed by atoms with E-state index in [1.165, 1.54) is 6.42 Å². The van der Waals surface area contributed by atoms with Gasteiger partial charge in [-0.3, -0.25) is 0 Å². The summed E-state index contributed by atoms with van der Waals surface area (Å²) < 4.78 is 5.19. The van der Waals surface area contributed by atoms with Gasteiger partial charge >= 0.3 is 0 Å². The van der Waals surface area contributed by atoms with Crippen LogP contribution in [0.3, 0.4) is 0 Å². The van der Waals surface area contributed by atoms with Crippen LogP contribution in [0.4, 0.5) is 0 Å². The van der Waals surface area contributed by atoms with Crippen molar-refractivity contribution in [1.82, 2.24) is 0 Å². The summed E-state index contributed by atoms with van der Waals surface area (Å²) in [4.78, 5) is 0. The second kappa shape index (κ2) is 3.53. The lowest BCUT2D eigenvalue weighted by atomic mass is 10.1. The van der Waals surface area contributed by atoms with Crippen LogP contribution in [0, 0.1) is 18.8 Å². The second-order valence-electron chi connectivity index (χ2n) is 2.17. The molecule has 9 heavy (non-hydrogen) atoms. The van der Waals surface area contributed by atoms with E-state index in [-0.39, 0.29) is 0 Å². The van der Waals surface area contributed by atoms with E-state index in [1.54, 1.807) is 0 Å². The maximum absolute atomic E-state index is 5.19. The average molecular weight is 123 g/mol. The first-order valence-corrected chi connectivity index (χ1v) is 3.30. The normalized spacial score (nSPS) is 23.9. The Morgan fingerprint density at radius 2 is 2.44 bits per heavy atom. The van der Waals surface area contributed by atoms with Crippen molar-refractivity contribution in [2.45, 2.75) is 25.4 Å². The lowest BCUT2D eigenvalue weighted by molar-refractivity contribution is -0.0535. The van der Waals surface area contributed by atoms with Crippen molar-refractivity contribution in [3.63, 3.8) is 0 Å². The molecule has 1 fully saturated rings. The Labute approximate surface area is 56.4 Å². The maximum Gasteiger partial charge on any atom is 0.0606 e. The van der Waals surface area contributed by atoms with Crippen LogP contribution in [0.5, 0.6) is 0 Å². The minimum absolute atomic E-state index is 0.505. The topological polar surface area (TPSA) is 9.23 Å². The van der Waals surface area contributed by atoms with Gasteiger partial charge in [-0.25, -0.2) is 0 Å². The molecule has 1 aliphatic rings. The second-order valence-corrected chi connectivity index (χ2v) is 2.17. The highest BCUT2D eigenvalue weighted by Gasteiger charge is 2.16. The van der Waals surface area contributed by atoms with Crippen molar-refractivity contribution in [1.29, 1.82) is 0 Å². The zero-order valence-electron chi connectivity index (χ0n) is 5.52. The van der Waals surface area contributed by atoms with Gasteiger partial charge in [-0.1, -0.05) is 0 Å². The van der Waals surface area contributed by atoms with Crippen molar-refractivity contribution in [2.24, 2.45) is 0 Å². The van der Waals surface area contributed by atoms with E-state index < -0.39 is 0 Å². The summed E-state index contributed by atoms with van der Waals surface area (Å²) in [5.74, 6) is 5.52. The van der Waals surface area contributed by atoms with Crippen LogP contribution in [0.1, 0.15) is 19.3 Å². The minimum atomic E-state index is 0.505. The molecule has 0 aromatic heterocycles. The maximum atomic E-state index is 5.19. The summed E-state index contributed by atoms with van der Waals surface area (Å²) in [6, 6.07) is 0. The van der Waals surface area contributed by atoms with E-state index >= 15 is 0 Å². The van der Waals surface area contributed by atoms with Gasteiger partial charge in [-0.05, 0) is 12.8 Å². The molecule has 0 saturated carbocycles. The Bertz CT molecular complexity index is 125. The Hall–Kier alpha value is -0.480. The van der Waals surface area contributed by atoms with Crippen molar-refractivity contribution in [3.05, 3.63) is 6.92 Å². The molecule has 1 unspecified atom stereocenters. The van der Waals surface area contributed by atoms with Crippen molar-refractivity contribution >= 4 is 0 Å². The van der Waals surface area contributed by atoms with E-state index in [2.05, 4.69) is 18.8 Å². The predicted octanol–water partition coefficient (Wildman–Crippen LogP) is 1.39. The average Bonchev–Trinajstić information content (AvgIpc) is 1.76. The van der Waals surface area contributed by atoms with Gasteiger partial charge in [0.2, 0.25) is 0 Å². The van der Waals surface area contributed by atoms with Crippen LogP contribution < -0.4 is 0 Å². The summed E-state index contributed by atoms with van der Waals surface area (Å²) in [5.41, 5.74) is 0. The minimum Gasteiger partial charge on any atom is -0.378 e. The lowest BCUT2D eigenvalue weighted by Crippen LogP contribution is -2.26. The fraction of sp³-hybridized carbons (Fsp3) is 0.625. The molecule has 0 amide bonds. The van der Waals surface area contributed by atoms with Crippen LogP contribution >= 0.6 is 0 Å². The Kier molecular flexibility index (Phi) is 2.60. The monoisotopic (exact) mass is 123 g/mol. The smallest absolute Gasteiger partial charge is 0.0606 e. The highest BCUT2D eigenvalue weighted by Crippen LogP contribution is 2.15. The summed E-state index contributed by atoms with van der Waals surface area (Å²) in [6.07, 6.45) is 3.75. The first kappa shape index (κ1) is 6.64. The number of rotatable bonds is 2. The Morgan fingerprint density at radius 1 is 1.67 bits per heavy atom. The molecule has 0 aromatic rings. The molecule has 1 aliphatic heterocycles. The van der Waals surface area contributed by atoms with E-state index in [4.69, 9.17) is 4.74 Å². The number of hydrogen-bond donors (Lipinski definition) is 0. The van der Waals surface area contributed by atoms with Gasteiger partial charge in [0.25, 0.3) is 0 Å². The van der Waals surface area contributed by atoms with Crippen LogP contribution in [0.25, 0.3) is 0 Å². The zero-order chi connectivity index (χ0) is 6.53. The van der Waals surface area contributed by atoms with E-state index in [0.29, 0.717) is 6.10 Å². The molecular formula is C8H11O. The third-order valence-corrected chi connectivity index (χ3v) is 1.51.